The Hall–Kier alpha value is -1.86. The Morgan fingerprint density at radius 2 is 2.22 bits per heavy atom. The molecule has 0 aliphatic carbocycles. The number of rotatable bonds is 3. The second-order valence-corrected chi connectivity index (χ2v) is 4.55. The van der Waals surface area contributed by atoms with Gasteiger partial charge < -0.3 is 5.32 Å². The number of nitriles is 1. The molecule has 0 spiro atoms. The fourth-order valence-electron chi connectivity index (χ4n) is 2.40. The lowest BCUT2D eigenvalue weighted by Crippen LogP contribution is -2.41. The van der Waals surface area contributed by atoms with E-state index in [-0.39, 0.29) is 11.9 Å². The van der Waals surface area contributed by atoms with Crippen LogP contribution in [0.4, 0.5) is 0 Å². The van der Waals surface area contributed by atoms with Gasteiger partial charge in [0.25, 0.3) is 0 Å². The van der Waals surface area contributed by atoms with E-state index in [1.807, 2.05) is 24.3 Å². The quantitative estimate of drug-likeness (QED) is 0.869. The van der Waals surface area contributed by atoms with Gasteiger partial charge in [0.1, 0.15) is 0 Å². The summed E-state index contributed by atoms with van der Waals surface area (Å²) < 4.78 is 0. The van der Waals surface area contributed by atoms with Crippen molar-refractivity contribution in [1.82, 2.24) is 10.2 Å². The largest absolute Gasteiger partial charge is 0.358 e. The van der Waals surface area contributed by atoms with Crippen molar-refractivity contribution in [2.75, 3.05) is 13.6 Å². The molecule has 4 heteroatoms. The van der Waals surface area contributed by atoms with Crippen LogP contribution < -0.4 is 5.32 Å². The molecule has 1 heterocycles. The third kappa shape index (κ3) is 2.69. The molecule has 1 amide bonds. The Morgan fingerprint density at radius 1 is 1.50 bits per heavy atom. The number of hydrogen-bond acceptors (Lipinski definition) is 3. The lowest BCUT2D eigenvalue weighted by molar-refractivity contribution is -0.125. The average Bonchev–Trinajstić information content (AvgIpc) is 2.87. The summed E-state index contributed by atoms with van der Waals surface area (Å²) in [4.78, 5) is 13.9. The maximum atomic E-state index is 11.7. The first-order chi connectivity index (χ1) is 8.74. The van der Waals surface area contributed by atoms with Gasteiger partial charge in [-0.05, 0) is 37.1 Å². The maximum Gasteiger partial charge on any atom is 0.237 e. The molecule has 18 heavy (non-hydrogen) atoms. The van der Waals surface area contributed by atoms with Gasteiger partial charge in [-0.25, -0.2) is 0 Å². The van der Waals surface area contributed by atoms with Crippen LogP contribution in [0.1, 0.15) is 24.0 Å². The second kappa shape index (κ2) is 5.65. The zero-order valence-corrected chi connectivity index (χ0v) is 10.5. The zero-order valence-electron chi connectivity index (χ0n) is 10.5. The van der Waals surface area contributed by atoms with Crippen molar-refractivity contribution in [2.45, 2.75) is 25.4 Å². The number of carbonyl (C=O) groups excluding carboxylic acids is 1. The van der Waals surface area contributed by atoms with Gasteiger partial charge in [0.2, 0.25) is 5.91 Å². The molecule has 1 fully saturated rings. The Balaban J connectivity index is 2.03. The van der Waals surface area contributed by atoms with Gasteiger partial charge in [-0.2, -0.15) is 5.26 Å². The molecule has 0 radical (unpaired) electrons. The molecule has 0 aromatic heterocycles. The van der Waals surface area contributed by atoms with E-state index in [9.17, 15) is 4.79 Å². The van der Waals surface area contributed by atoms with E-state index in [1.54, 1.807) is 7.05 Å². The van der Waals surface area contributed by atoms with Crippen LogP contribution in [0.3, 0.4) is 0 Å². The first-order valence-corrected chi connectivity index (χ1v) is 6.19. The third-order valence-electron chi connectivity index (χ3n) is 3.38. The standard InChI is InChI=1S/C14H17N3O/c1-16-14(18)13-3-2-8-17(13)10-12-6-4-11(9-15)5-7-12/h4-7,13H,2-3,8,10H2,1H3,(H,16,18). The summed E-state index contributed by atoms with van der Waals surface area (Å²) in [5.41, 5.74) is 1.81. The van der Waals surface area contributed by atoms with Crippen molar-refractivity contribution in [3.8, 4) is 6.07 Å². The highest BCUT2D eigenvalue weighted by atomic mass is 16.2. The molecule has 0 saturated carbocycles. The molecule has 1 N–H and O–H groups in total. The van der Waals surface area contributed by atoms with Crippen LogP contribution in [-0.4, -0.2) is 30.4 Å². The average molecular weight is 243 g/mol. The second-order valence-electron chi connectivity index (χ2n) is 4.55. The molecular formula is C14H17N3O. The first-order valence-electron chi connectivity index (χ1n) is 6.19. The number of amides is 1. The lowest BCUT2D eigenvalue weighted by atomic mass is 10.1. The van der Waals surface area contributed by atoms with Gasteiger partial charge in [0, 0.05) is 13.6 Å². The molecule has 1 aliphatic rings. The highest BCUT2D eigenvalue weighted by Crippen LogP contribution is 2.20. The van der Waals surface area contributed by atoms with E-state index in [0.717, 1.165) is 31.5 Å². The van der Waals surface area contributed by atoms with Crippen LogP contribution >= 0.6 is 0 Å². The summed E-state index contributed by atoms with van der Waals surface area (Å²) in [5, 5.41) is 11.5. The van der Waals surface area contributed by atoms with Gasteiger partial charge >= 0.3 is 0 Å². The molecule has 0 bridgehead atoms. The summed E-state index contributed by atoms with van der Waals surface area (Å²) in [6.07, 6.45) is 1.99. The Morgan fingerprint density at radius 3 is 2.83 bits per heavy atom. The fourth-order valence-corrected chi connectivity index (χ4v) is 2.40. The van der Waals surface area contributed by atoms with E-state index in [2.05, 4.69) is 16.3 Å². The van der Waals surface area contributed by atoms with Crippen molar-refractivity contribution in [3.05, 3.63) is 35.4 Å². The van der Waals surface area contributed by atoms with Crippen LogP contribution in [0, 0.1) is 11.3 Å². The molecule has 1 aromatic carbocycles. The van der Waals surface area contributed by atoms with Crippen molar-refractivity contribution in [1.29, 1.82) is 5.26 Å². The highest BCUT2D eigenvalue weighted by molar-refractivity contribution is 5.81. The van der Waals surface area contributed by atoms with Crippen molar-refractivity contribution in [3.63, 3.8) is 0 Å². The van der Waals surface area contributed by atoms with Crippen molar-refractivity contribution in [2.24, 2.45) is 0 Å². The number of benzene rings is 1. The molecular weight excluding hydrogens is 226 g/mol. The maximum absolute atomic E-state index is 11.7. The molecule has 1 atom stereocenters. The topological polar surface area (TPSA) is 56.1 Å². The van der Waals surface area contributed by atoms with Crippen LogP contribution in [0.15, 0.2) is 24.3 Å². The summed E-state index contributed by atoms with van der Waals surface area (Å²) in [7, 11) is 1.68. The van der Waals surface area contributed by atoms with E-state index in [4.69, 9.17) is 5.26 Å². The van der Waals surface area contributed by atoms with Crippen LogP contribution in [0.25, 0.3) is 0 Å². The summed E-state index contributed by atoms with van der Waals surface area (Å²) in [5.74, 6) is 0.0983. The number of likely N-dealkylation sites (tertiary alicyclic amines) is 1. The SMILES string of the molecule is CNC(=O)C1CCCN1Cc1ccc(C#N)cc1. The zero-order chi connectivity index (χ0) is 13.0. The molecule has 1 aromatic rings. The molecule has 1 aliphatic heterocycles. The predicted octanol–water partition coefficient (Wildman–Crippen LogP) is 1.27. The summed E-state index contributed by atoms with van der Waals surface area (Å²) >= 11 is 0. The Bertz CT molecular complexity index is 461. The van der Waals surface area contributed by atoms with Gasteiger partial charge in [0.15, 0.2) is 0 Å². The number of carbonyl (C=O) groups is 1. The summed E-state index contributed by atoms with van der Waals surface area (Å²) in [6.45, 7) is 1.72. The van der Waals surface area contributed by atoms with Crippen LogP contribution in [-0.2, 0) is 11.3 Å². The van der Waals surface area contributed by atoms with E-state index >= 15 is 0 Å². The number of likely N-dealkylation sites (N-methyl/N-ethyl adjacent to an activating group) is 1. The summed E-state index contributed by atoms with van der Waals surface area (Å²) in [6, 6.07) is 9.65. The minimum Gasteiger partial charge on any atom is -0.358 e. The molecule has 4 nitrogen and oxygen atoms in total. The monoisotopic (exact) mass is 243 g/mol. The Kier molecular flexibility index (Phi) is 3.96. The van der Waals surface area contributed by atoms with Crippen molar-refractivity contribution >= 4 is 5.91 Å². The van der Waals surface area contributed by atoms with Gasteiger partial charge in [0.05, 0.1) is 17.7 Å². The first kappa shape index (κ1) is 12.6. The molecule has 2 rings (SSSR count). The normalized spacial score (nSPS) is 19.4. The van der Waals surface area contributed by atoms with Gasteiger partial charge in [-0.15, -0.1) is 0 Å². The molecule has 94 valence electrons. The third-order valence-corrected chi connectivity index (χ3v) is 3.38. The van der Waals surface area contributed by atoms with E-state index < -0.39 is 0 Å². The number of nitrogens with one attached hydrogen (secondary N) is 1. The number of hydrogen-bond donors (Lipinski definition) is 1. The minimum absolute atomic E-state index is 0.00866. The van der Waals surface area contributed by atoms with E-state index in [0.29, 0.717) is 5.56 Å². The highest BCUT2D eigenvalue weighted by Gasteiger charge is 2.29. The smallest absolute Gasteiger partial charge is 0.237 e. The molecule has 1 unspecified atom stereocenters. The van der Waals surface area contributed by atoms with Crippen LogP contribution in [0.2, 0.25) is 0 Å². The molecule has 1 saturated heterocycles. The predicted molar refractivity (Wildman–Crippen MR) is 68.7 cm³/mol. The Labute approximate surface area is 107 Å². The van der Waals surface area contributed by atoms with E-state index in [1.165, 1.54) is 0 Å². The fraction of sp³-hybridized carbons (Fsp3) is 0.429. The minimum atomic E-state index is -0.00866. The van der Waals surface area contributed by atoms with Gasteiger partial charge in [-0.1, -0.05) is 12.1 Å². The van der Waals surface area contributed by atoms with Gasteiger partial charge in [-0.3, -0.25) is 9.69 Å². The lowest BCUT2D eigenvalue weighted by Gasteiger charge is -2.22. The van der Waals surface area contributed by atoms with Crippen LogP contribution in [0.5, 0.6) is 0 Å². The number of nitrogens with zero attached hydrogens (tertiary/aromatic N) is 2. The van der Waals surface area contributed by atoms with Crippen molar-refractivity contribution < 1.29 is 4.79 Å².